The Hall–Kier alpha value is -2.11. The quantitative estimate of drug-likeness (QED) is 0.830. The zero-order valence-electron chi connectivity index (χ0n) is 12.0. The van der Waals surface area contributed by atoms with Crippen LogP contribution in [0.3, 0.4) is 0 Å². The first-order valence-electron chi connectivity index (χ1n) is 6.59. The lowest BCUT2D eigenvalue weighted by atomic mass is 9.99. The fourth-order valence-corrected chi connectivity index (χ4v) is 1.76. The maximum atomic E-state index is 12.0. The second-order valence-corrected chi connectivity index (χ2v) is 4.86. The molecule has 6 heteroatoms. The topological polar surface area (TPSA) is 82.5 Å². The number of pyridine rings is 1. The normalized spacial score (nSPS) is 13.3. The smallest absolute Gasteiger partial charge is 0.326 e. The van der Waals surface area contributed by atoms with E-state index in [1.165, 1.54) is 4.90 Å². The van der Waals surface area contributed by atoms with Gasteiger partial charge in [0.15, 0.2) is 0 Å². The van der Waals surface area contributed by atoms with Gasteiger partial charge < -0.3 is 15.3 Å². The standard InChI is InChI=1S/C14H21N3O3/c1-4-10(2)12(13(18)19)16-14(20)17(3)9-11-5-7-15-8-6-11/h5-8,10,12H,4,9H2,1-3H3,(H,16,20)(H,18,19)/t10-,12-/m0/s1. The third-order valence-corrected chi connectivity index (χ3v) is 3.27. The molecule has 2 N–H and O–H groups in total. The summed E-state index contributed by atoms with van der Waals surface area (Å²) in [6.45, 7) is 4.11. The zero-order chi connectivity index (χ0) is 15.1. The van der Waals surface area contributed by atoms with Crippen LogP contribution < -0.4 is 5.32 Å². The van der Waals surface area contributed by atoms with E-state index in [4.69, 9.17) is 5.11 Å². The van der Waals surface area contributed by atoms with Crippen LogP contribution in [0.1, 0.15) is 25.8 Å². The number of nitrogens with one attached hydrogen (secondary N) is 1. The van der Waals surface area contributed by atoms with Gasteiger partial charge in [-0.25, -0.2) is 9.59 Å². The van der Waals surface area contributed by atoms with Crippen molar-refractivity contribution in [3.63, 3.8) is 0 Å². The molecule has 0 aliphatic rings. The van der Waals surface area contributed by atoms with Gasteiger partial charge >= 0.3 is 12.0 Å². The highest BCUT2D eigenvalue weighted by Crippen LogP contribution is 2.09. The molecular weight excluding hydrogens is 258 g/mol. The number of carbonyl (C=O) groups excluding carboxylic acids is 1. The number of amides is 2. The minimum absolute atomic E-state index is 0.120. The molecule has 0 radical (unpaired) electrons. The van der Waals surface area contributed by atoms with Gasteiger partial charge in [0.05, 0.1) is 0 Å². The van der Waals surface area contributed by atoms with Gasteiger partial charge in [-0.3, -0.25) is 4.98 Å². The van der Waals surface area contributed by atoms with Crippen molar-refractivity contribution in [2.75, 3.05) is 7.05 Å². The van der Waals surface area contributed by atoms with Crippen molar-refractivity contribution in [1.82, 2.24) is 15.2 Å². The van der Waals surface area contributed by atoms with Crippen molar-refractivity contribution in [2.45, 2.75) is 32.9 Å². The Morgan fingerprint density at radius 3 is 2.50 bits per heavy atom. The Bertz CT molecular complexity index is 450. The number of hydrogen-bond acceptors (Lipinski definition) is 3. The highest BCUT2D eigenvalue weighted by molar-refractivity contribution is 5.82. The molecule has 0 spiro atoms. The van der Waals surface area contributed by atoms with Crippen LogP contribution in [-0.2, 0) is 11.3 Å². The van der Waals surface area contributed by atoms with Crippen LogP contribution in [0.15, 0.2) is 24.5 Å². The number of carboxylic acid groups (broad SMARTS) is 1. The minimum atomic E-state index is -1.01. The number of aromatic nitrogens is 1. The Morgan fingerprint density at radius 2 is 2.00 bits per heavy atom. The molecule has 1 heterocycles. The molecule has 110 valence electrons. The Morgan fingerprint density at radius 1 is 1.40 bits per heavy atom. The van der Waals surface area contributed by atoms with E-state index >= 15 is 0 Å². The minimum Gasteiger partial charge on any atom is -0.480 e. The average molecular weight is 279 g/mol. The molecule has 1 aromatic rings. The number of aliphatic carboxylic acids is 1. The number of carbonyl (C=O) groups is 2. The summed E-state index contributed by atoms with van der Waals surface area (Å²) in [5.41, 5.74) is 0.938. The summed E-state index contributed by atoms with van der Waals surface area (Å²) in [5, 5.41) is 11.7. The van der Waals surface area contributed by atoms with Gasteiger partial charge in [0, 0.05) is 26.0 Å². The van der Waals surface area contributed by atoms with Crippen LogP contribution in [0.2, 0.25) is 0 Å². The largest absolute Gasteiger partial charge is 0.480 e. The van der Waals surface area contributed by atoms with Gasteiger partial charge in [0.2, 0.25) is 0 Å². The molecular formula is C14H21N3O3. The van der Waals surface area contributed by atoms with Crippen molar-refractivity contribution in [1.29, 1.82) is 0 Å². The molecule has 20 heavy (non-hydrogen) atoms. The molecule has 1 aromatic heterocycles. The van der Waals surface area contributed by atoms with Crippen LogP contribution in [0.5, 0.6) is 0 Å². The fourth-order valence-electron chi connectivity index (χ4n) is 1.76. The summed E-state index contributed by atoms with van der Waals surface area (Å²) in [6, 6.07) is 2.36. The monoisotopic (exact) mass is 279 g/mol. The maximum absolute atomic E-state index is 12.0. The predicted octanol–water partition coefficient (Wildman–Crippen LogP) is 1.72. The zero-order valence-corrected chi connectivity index (χ0v) is 12.0. The summed E-state index contributed by atoms with van der Waals surface area (Å²) < 4.78 is 0. The molecule has 0 aliphatic heterocycles. The first-order chi connectivity index (χ1) is 9.45. The average Bonchev–Trinajstić information content (AvgIpc) is 2.44. The van der Waals surface area contributed by atoms with Crippen LogP contribution in [-0.4, -0.2) is 40.1 Å². The summed E-state index contributed by atoms with van der Waals surface area (Å²) >= 11 is 0. The highest BCUT2D eigenvalue weighted by atomic mass is 16.4. The molecule has 0 saturated carbocycles. The number of carboxylic acids is 1. The molecule has 6 nitrogen and oxygen atoms in total. The van der Waals surface area contributed by atoms with Gasteiger partial charge in [-0.1, -0.05) is 20.3 Å². The fraction of sp³-hybridized carbons (Fsp3) is 0.500. The SMILES string of the molecule is CC[C@H](C)[C@H](NC(=O)N(C)Cc1ccncc1)C(=O)O. The summed E-state index contributed by atoms with van der Waals surface area (Å²) in [5.74, 6) is -1.13. The van der Waals surface area contributed by atoms with Gasteiger partial charge in [-0.2, -0.15) is 0 Å². The van der Waals surface area contributed by atoms with Gasteiger partial charge in [-0.05, 0) is 23.6 Å². The van der Waals surface area contributed by atoms with Crippen molar-refractivity contribution >= 4 is 12.0 Å². The van der Waals surface area contributed by atoms with E-state index in [1.54, 1.807) is 19.4 Å². The summed E-state index contributed by atoms with van der Waals surface area (Å²) in [7, 11) is 1.63. The van der Waals surface area contributed by atoms with E-state index in [-0.39, 0.29) is 5.92 Å². The predicted molar refractivity (Wildman–Crippen MR) is 75.1 cm³/mol. The molecule has 0 saturated heterocycles. The van der Waals surface area contributed by atoms with Crippen LogP contribution >= 0.6 is 0 Å². The molecule has 0 unspecified atom stereocenters. The lowest BCUT2D eigenvalue weighted by Gasteiger charge is -2.24. The van der Waals surface area contributed by atoms with E-state index in [0.29, 0.717) is 13.0 Å². The summed E-state index contributed by atoms with van der Waals surface area (Å²) in [4.78, 5) is 28.6. The number of rotatable bonds is 6. The third kappa shape index (κ3) is 4.53. The lowest BCUT2D eigenvalue weighted by Crippen LogP contribution is -2.49. The Labute approximate surface area is 118 Å². The Balaban J connectivity index is 2.62. The van der Waals surface area contributed by atoms with E-state index in [0.717, 1.165) is 5.56 Å². The Kier molecular flexibility index (Phi) is 5.96. The molecule has 0 bridgehead atoms. The van der Waals surface area contributed by atoms with Crippen molar-refractivity contribution < 1.29 is 14.7 Å². The summed E-state index contributed by atoms with van der Waals surface area (Å²) in [6.07, 6.45) is 3.99. The van der Waals surface area contributed by atoms with E-state index in [9.17, 15) is 9.59 Å². The first-order valence-corrected chi connectivity index (χ1v) is 6.59. The molecule has 2 amide bonds. The van der Waals surface area contributed by atoms with Gasteiger partial charge in [-0.15, -0.1) is 0 Å². The van der Waals surface area contributed by atoms with Crippen molar-refractivity contribution in [3.05, 3.63) is 30.1 Å². The van der Waals surface area contributed by atoms with Gasteiger partial charge in [0.1, 0.15) is 6.04 Å². The van der Waals surface area contributed by atoms with Crippen molar-refractivity contribution in [3.8, 4) is 0 Å². The molecule has 0 fully saturated rings. The van der Waals surface area contributed by atoms with E-state index < -0.39 is 18.0 Å². The lowest BCUT2D eigenvalue weighted by molar-refractivity contribution is -0.140. The highest BCUT2D eigenvalue weighted by Gasteiger charge is 2.26. The molecule has 0 aromatic carbocycles. The number of urea groups is 1. The second kappa shape index (κ2) is 7.47. The van der Waals surface area contributed by atoms with Gasteiger partial charge in [0.25, 0.3) is 0 Å². The number of hydrogen-bond donors (Lipinski definition) is 2. The maximum Gasteiger partial charge on any atom is 0.326 e. The van der Waals surface area contributed by atoms with E-state index in [1.807, 2.05) is 26.0 Å². The molecule has 2 atom stereocenters. The third-order valence-electron chi connectivity index (χ3n) is 3.27. The van der Waals surface area contributed by atoms with Crippen LogP contribution in [0.25, 0.3) is 0 Å². The van der Waals surface area contributed by atoms with Crippen LogP contribution in [0.4, 0.5) is 4.79 Å². The van der Waals surface area contributed by atoms with Crippen molar-refractivity contribution in [2.24, 2.45) is 5.92 Å². The molecule has 1 rings (SSSR count). The van der Waals surface area contributed by atoms with Crippen LogP contribution in [0, 0.1) is 5.92 Å². The first kappa shape index (κ1) is 15.9. The second-order valence-electron chi connectivity index (χ2n) is 4.86. The number of nitrogens with zero attached hydrogens (tertiary/aromatic N) is 2. The molecule has 0 aliphatic carbocycles. The van der Waals surface area contributed by atoms with E-state index in [2.05, 4.69) is 10.3 Å².